The number of carbonyl (C=O) groups excluding carboxylic acids is 1. The topological polar surface area (TPSA) is 149 Å². The number of benzene rings is 2. The molecule has 0 fully saturated rings. The first-order valence-electron chi connectivity index (χ1n) is 13.0. The van der Waals surface area contributed by atoms with Gasteiger partial charge in [-0.05, 0) is 58.8 Å². The van der Waals surface area contributed by atoms with Crippen molar-refractivity contribution >= 4 is 49.1 Å². The first-order valence-corrected chi connectivity index (χ1v) is 14.7. The average molecular weight is 633 g/mol. The number of rotatable bonds is 3. The van der Waals surface area contributed by atoms with Crippen LogP contribution in [0.4, 0.5) is 0 Å². The van der Waals surface area contributed by atoms with E-state index in [2.05, 4.69) is 34.4 Å². The summed E-state index contributed by atoms with van der Waals surface area (Å²) in [5.74, 6) is 0. The van der Waals surface area contributed by atoms with Gasteiger partial charge in [-0.1, -0.05) is 60.7 Å². The van der Waals surface area contributed by atoms with Gasteiger partial charge in [0.15, 0.2) is 14.1 Å². The third-order valence-corrected chi connectivity index (χ3v) is 7.54. The van der Waals surface area contributed by atoms with Gasteiger partial charge >= 0.3 is 0 Å². The fourth-order valence-corrected chi connectivity index (χ4v) is 5.56. The Labute approximate surface area is 262 Å². The maximum Gasteiger partial charge on any atom is 0.194 e. The molecule has 0 saturated carbocycles. The summed E-state index contributed by atoms with van der Waals surface area (Å²) in [6.45, 7) is 4.13. The summed E-state index contributed by atoms with van der Waals surface area (Å²) in [6, 6.07) is 23.0. The number of carbonyl (C=O) groups is 1. The summed E-state index contributed by atoms with van der Waals surface area (Å²) in [7, 11) is 1.78. The van der Waals surface area contributed by atoms with E-state index in [1.807, 2.05) is 80.2 Å². The van der Waals surface area contributed by atoms with Crippen LogP contribution in [-0.2, 0) is 0 Å². The molecule has 0 radical (unpaired) electrons. The standard InChI is InChI=1S/C15H13NOS.C8H7NS.C7H6O.2CH3NO2/c1-10-8-16-9-14-12(10)7-13(18-14)15(17)11-5-3-2-4-6-11;1-6-4-9-5-8-7(6)2-3-10-8;8-6-7-4-2-1-3-5-7;2*1-2(3)4/h2-9,15,17H,1H3;2-5H,1H3;1-6H;2*1H3. The van der Waals surface area contributed by atoms with E-state index in [1.54, 1.807) is 34.8 Å². The molecule has 1 N–H and O–H groups in total. The number of aromatic nitrogens is 2. The molecule has 228 valence electrons. The number of aryl methyl sites for hydroxylation is 2. The maximum absolute atomic E-state index is 10.4. The fraction of sp³-hybridized carbons (Fsp3) is 0.156. The minimum Gasteiger partial charge on any atom is -0.383 e. The SMILES string of the molecule is C[N+](=O)[O-].C[N+](=O)[O-].Cc1cncc2sc(C(O)c3ccccc3)cc12.Cc1cncc2sccc12.O=Cc1ccccc1. The van der Waals surface area contributed by atoms with Crippen molar-refractivity contribution < 1.29 is 19.7 Å². The Morgan fingerprint density at radius 3 is 1.75 bits per heavy atom. The van der Waals surface area contributed by atoms with Crippen molar-refractivity contribution in [2.45, 2.75) is 20.0 Å². The zero-order valence-electron chi connectivity index (χ0n) is 24.6. The molecule has 10 nitrogen and oxygen atoms in total. The summed E-state index contributed by atoms with van der Waals surface area (Å²) < 4.78 is 2.40. The number of pyridine rings is 2. The first kappa shape index (κ1) is 35.3. The molecule has 0 bridgehead atoms. The number of hydrogen-bond donors (Lipinski definition) is 1. The number of nitrogens with zero attached hydrogens (tertiary/aromatic N) is 4. The second kappa shape index (κ2) is 18.6. The number of aliphatic hydroxyl groups excluding tert-OH is 1. The van der Waals surface area contributed by atoms with Crippen molar-refractivity contribution in [1.29, 1.82) is 0 Å². The van der Waals surface area contributed by atoms with E-state index in [4.69, 9.17) is 20.2 Å². The van der Waals surface area contributed by atoms with Crippen molar-refractivity contribution in [2.75, 3.05) is 14.1 Å². The predicted octanol–water partition coefficient (Wildman–Crippen LogP) is 7.58. The molecule has 2 aromatic carbocycles. The van der Waals surface area contributed by atoms with Crippen LogP contribution in [0, 0.1) is 34.1 Å². The van der Waals surface area contributed by atoms with Crippen molar-refractivity contribution in [3.8, 4) is 0 Å². The lowest BCUT2D eigenvalue weighted by Crippen LogP contribution is -1.95. The van der Waals surface area contributed by atoms with E-state index in [0.717, 1.165) is 46.6 Å². The number of aldehydes is 1. The number of thiophene rings is 2. The molecule has 6 aromatic rings. The molecule has 0 aliphatic rings. The highest BCUT2D eigenvalue weighted by Crippen LogP contribution is 2.33. The van der Waals surface area contributed by atoms with Crippen molar-refractivity contribution in [2.24, 2.45) is 0 Å². The smallest absolute Gasteiger partial charge is 0.194 e. The Balaban J connectivity index is 0.000000220. The van der Waals surface area contributed by atoms with Gasteiger partial charge in [-0.25, -0.2) is 0 Å². The highest BCUT2D eigenvalue weighted by Gasteiger charge is 2.14. The third-order valence-electron chi connectivity index (χ3n) is 5.57. The summed E-state index contributed by atoms with van der Waals surface area (Å²) in [6.07, 6.45) is 7.80. The van der Waals surface area contributed by atoms with Crippen LogP contribution in [0.5, 0.6) is 0 Å². The number of aliphatic hydroxyl groups is 1. The van der Waals surface area contributed by atoms with E-state index in [0.29, 0.717) is 0 Å². The average Bonchev–Trinajstić information content (AvgIpc) is 3.67. The van der Waals surface area contributed by atoms with Gasteiger partial charge in [0.05, 0.1) is 9.40 Å². The van der Waals surface area contributed by atoms with Crippen LogP contribution in [-0.4, -0.2) is 45.3 Å². The Morgan fingerprint density at radius 1 is 0.773 bits per heavy atom. The van der Waals surface area contributed by atoms with Crippen molar-refractivity contribution in [3.05, 3.63) is 150 Å². The summed E-state index contributed by atoms with van der Waals surface area (Å²) >= 11 is 3.34. The molecule has 44 heavy (non-hydrogen) atoms. The normalized spacial score (nSPS) is 10.3. The third kappa shape index (κ3) is 12.1. The van der Waals surface area contributed by atoms with E-state index in [1.165, 1.54) is 21.0 Å². The van der Waals surface area contributed by atoms with Gasteiger partial charge in [-0.2, -0.15) is 0 Å². The van der Waals surface area contributed by atoms with Crippen LogP contribution in [0.25, 0.3) is 20.2 Å². The molecule has 1 atom stereocenters. The van der Waals surface area contributed by atoms with Gasteiger partial charge < -0.3 is 5.11 Å². The molecule has 4 aromatic heterocycles. The Morgan fingerprint density at radius 2 is 1.27 bits per heavy atom. The molecule has 1 unspecified atom stereocenters. The highest BCUT2D eigenvalue weighted by atomic mass is 32.1. The molecule has 0 amide bonds. The second-order valence-electron chi connectivity index (χ2n) is 9.03. The van der Waals surface area contributed by atoms with E-state index < -0.39 is 16.0 Å². The lowest BCUT2D eigenvalue weighted by molar-refractivity contribution is -0.445. The van der Waals surface area contributed by atoms with Crippen molar-refractivity contribution in [1.82, 2.24) is 9.97 Å². The molecule has 0 aliphatic carbocycles. The zero-order valence-corrected chi connectivity index (χ0v) is 26.2. The maximum atomic E-state index is 10.4. The van der Waals surface area contributed by atoms with Crippen LogP contribution in [0.1, 0.15) is 38.0 Å². The van der Waals surface area contributed by atoms with Crippen molar-refractivity contribution in [3.63, 3.8) is 0 Å². The minimum absolute atomic E-state index is 0.500. The van der Waals surface area contributed by atoms with Gasteiger partial charge in [0, 0.05) is 45.1 Å². The Kier molecular flexibility index (Phi) is 14.9. The summed E-state index contributed by atoms with van der Waals surface area (Å²) in [5.41, 5.74) is 4.07. The highest BCUT2D eigenvalue weighted by molar-refractivity contribution is 7.19. The largest absolute Gasteiger partial charge is 0.383 e. The molecule has 12 heteroatoms. The van der Waals surface area contributed by atoms with E-state index >= 15 is 0 Å². The second-order valence-corrected chi connectivity index (χ2v) is 11.1. The lowest BCUT2D eigenvalue weighted by atomic mass is 10.1. The summed E-state index contributed by atoms with van der Waals surface area (Å²) in [4.78, 5) is 35.9. The molecule has 6 rings (SSSR count). The molecule has 0 saturated heterocycles. The van der Waals surface area contributed by atoms with Gasteiger partial charge in [0.1, 0.15) is 12.4 Å². The molecular formula is C32H32N4O6S2. The molecular weight excluding hydrogens is 601 g/mol. The quantitative estimate of drug-likeness (QED) is 0.119. The first-order chi connectivity index (χ1) is 21.0. The van der Waals surface area contributed by atoms with Crippen LogP contribution in [0.3, 0.4) is 0 Å². The van der Waals surface area contributed by atoms with Crippen LogP contribution in [0.15, 0.2) is 103 Å². The van der Waals surface area contributed by atoms with Crippen LogP contribution >= 0.6 is 22.7 Å². The summed E-state index contributed by atoms with van der Waals surface area (Å²) in [5, 5.41) is 32.6. The van der Waals surface area contributed by atoms with E-state index in [-0.39, 0.29) is 0 Å². The van der Waals surface area contributed by atoms with Gasteiger partial charge in [0.2, 0.25) is 0 Å². The van der Waals surface area contributed by atoms with E-state index in [9.17, 15) is 9.90 Å². The lowest BCUT2D eigenvalue weighted by Gasteiger charge is -2.07. The van der Waals surface area contributed by atoms with Gasteiger partial charge in [0.25, 0.3) is 0 Å². The fourth-order valence-electron chi connectivity index (χ4n) is 3.61. The Hall–Kier alpha value is -4.91. The number of nitro groups is 2. The molecule has 0 aliphatic heterocycles. The molecule has 0 spiro atoms. The van der Waals surface area contributed by atoms with Gasteiger partial charge in [-0.3, -0.25) is 35.0 Å². The van der Waals surface area contributed by atoms with Crippen LogP contribution in [0.2, 0.25) is 0 Å². The Bertz CT molecular complexity index is 1740. The zero-order chi connectivity index (χ0) is 32.5. The number of fused-ring (bicyclic) bond motifs is 2. The van der Waals surface area contributed by atoms with Crippen LogP contribution < -0.4 is 0 Å². The minimum atomic E-state index is -0.553. The van der Waals surface area contributed by atoms with Gasteiger partial charge in [-0.15, -0.1) is 22.7 Å². The predicted molar refractivity (Wildman–Crippen MR) is 177 cm³/mol. The molecule has 4 heterocycles. The number of hydrogen-bond acceptors (Lipinski definition) is 10. The monoisotopic (exact) mass is 632 g/mol.